The number of hydrogen-bond donors (Lipinski definition) is 0. The van der Waals surface area contributed by atoms with Crippen LogP contribution in [-0.2, 0) is 16.0 Å². The minimum absolute atomic E-state index is 0.0500. The standard InChI is InChI=1S/C14H18O4/c1-4-17-13-7-6-11(8-10(3)15)9-12(13)14(16)18-5-2/h6-7,9H,4-5,8H2,1-3H3. The van der Waals surface area contributed by atoms with Crippen LogP contribution < -0.4 is 4.74 Å². The van der Waals surface area contributed by atoms with Crippen molar-refractivity contribution in [1.82, 2.24) is 0 Å². The number of benzene rings is 1. The minimum Gasteiger partial charge on any atom is -0.493 e. The van der Waals surface area contributed by atoms with Crippen LogP contribution in [0, 0.1) is 0 Å². The highest BCUT2D eigenvalue weighted by Crippen LogP contribution is 2.21. The maximum Gasteiger partial charge on any atom is 0.341 e. The van der Waals surface area contributed by atoms with Crippen molar-refractivity contribution >= 4 is 11.8 Å². The van der Waals surface area contributed by atoms with Gasteiger partial charge in [-0.1, -0.05) is 6.07 Å². The predicted molar refractivity (Wildman–Crippen MR) is 68.0 cm³/mol. The van der Waals surface area contributed by atoms with Crippen LogP contribution in [0.1, 0.15) is 36.7 Å². The number of carbonyl (C=O) groups excluding carboxylic acids is 2. The lowest BCUT2D eigenvalue weighted by Crippen LogP contribution is -2.09. The molecule has 98 valence electrons. The third kappa shape index (κ3) is 3.87. The normalized spacial score (nSPS) is 9.94. The van der Waals surface area contributed by atoms with E-state index in [1.807, 2.05) is 6.92 Å². The smallest absolute Gasteiger partial charge is 0.341 e. The zero-order valence-electron chi connectivity index (χ0n) is 11.0. The molecule has 0 heterocycles. The van der Waals surface area contributed by atoms with Gasteiger partial charge in [0.2, 0.25) is 0 Å². The summed E-state index contributed by atoms with van der Waals surface area (Å²) in [5, 5.41) is 0. The molecule has 1 aromatic carbocycles. The molecule has 4 heteroatoms. The van der Waals surface area contributed by atoms with Crippen LogP contribution in [-0.4, -0.2) is 25.0 Å². The lowest BCUT2D eigenvalue weighted by molar-refractivity contribution is -0.116. The average Bonchev–Trinajstić information content (AvgIpc) is 2.31. The molecule has 1 rings (SSSR count). The number of rotatable bonds is 6. The van der Waals surface area contributed by atoms with E-state index in [0.29, 0.717) is 30.9 Å². The van der Waals surface area contributed by atoms with Crippen LogP contribution in [0.3, 0.4) is 0 Å². The van der Waals surface area contributed by atoms with Crippen LogP contribution in [0.5, 0.6) is 5.75 Å². The Balaban J connectivity index is 3.06. The van der Waals surface area contributed by atoms with E-state index in [1.54, 1.807) is 25.1 Å². The Kier molecular flexibility index (Phi) is 5.36. The summed E-state index contributed by atoms with van der Waals surface area (Å²) in [7, 11) is 0. The average molecular weight is 250 g/mol. The quantitative estimate of drug-likeness (QED) is 0.727. The summed E-state index contributed by atoms with van der Waals surface area (Å²) in [4.78, 5) is 22.9. The molecule has 0 saturated heterocycles. The highest BCUT2D eigenvalue weighted by molar-refractivity contribution is 5.93. The molecule has 0 saturated carbocycles. The van der Waals surface area contributed by atoms with Crippen LogP contribution in [0.2, 0.25) is 0 Å². The molecule has 0 fully saturated rings. The van der Waals surface area contributed by atoms with Crippen molar-refractivity contribution in [2.45, 2.75) is 27.2 Å². The van der Waals surface area contributed by atoms with E-state index in [1.165, 1.54) is 6.92 Å². The summed E-state index contributed by atoms with van der Waals surface area (Å²) >= 11 is 0. The van der Waals surface area contributed by atoms with Gasteiger partial charge in [0.1, 0.15) is 17.1 Å². The molecular weight excluding hydrogens is 232 g/mol. The Hall–Kier alpha value is -1.84. The molecule has 0 radical (unpaired) electrons. The Morgan fingerprint density at radius 1 is 1.17 bits per heavy atom. The second-order valence-corrected chi connectivity index (χ2v) is 3.86. The molecule has 0 amide bonds. The highest BCUT2D eigenvalue weighted by atomic mass is 16.5. The second-order valence-electron chi connectivity index (χ2n) is 3.86. The molecule has 0 atom stereocenters. The summed E-state index contributed by atoms with van der Waals surface area (Å²) in [6.07, 6.45) is 0.304. The van der Waals surface area contributed by atoms with Gasteiger partial charge in [0.05, 0.1) is 13.2 Å². The zero-order valence-corrected chi connectivity index (χ0v) is 11.0. The highest BCUT2D eigenvalue weighted by Gasteiger charge is 2.15. The maximum absolute atomic E-state index is 11.8. The molecule has 0 aliphatic carbocycles. The maximum atomic E-state index is 11.8. The first-order chi connectivity index (χ1) is 8.58. The van der Waals surface area contributed by atoms with Crippen LogP contribution in [0.15, 0.2) is 18.2 Å². The molecule has 0 aromatic heterocycles. The zero-order chi connectivity index (χ0) is 13.5. The molecule has 0 aliphatic rings. The van der Waals surface area contributed by atoms with E-state index >= 15 is 0 Å². The van der Waals surface area contributed by atoms with E-state index in [2.05, 4.69) is 0 Å². The summed E-state index contributed by atoms with van der Waals surface area (Å²) in [6.45, 7) is 5.89. The molecule has 1 aromatic rings. The summed E-state index contributed by atoms with van der Waals surface area (Å²) in [6, 6.07) is 5.15. The summed E-state index contributed by atoms with van der Waals surface area (Å²) < 4.78 is 10.3. The van der Waals surface area contributed by atoms with Gasteiger partial charge in [-0.2, -0.15) is 0 Å². The van der Waals surface area contributed by atoms with Crippen molar-refractivity contribution in [3.8, 4) is 5.75 Å². The van der Waals surface area contributed by atoms with Gasteiger partial charge in [0.15, 0.2) is 0 Å². The molecule has 18 heavy (non-hydrogen) atoms. The van der Waals surface area contributed by atoms with Gasteiger partial charge in [-0.15, -0.1) is 0 Å². The SMILES string of the molecule is CCOC(=O)c1cc(CC(C)=O)ccc1OCC. The first kappa shape index (κ1) is 14.2. The first-order valence-electron chi connectivity index (χ1n) is 6.00. The van der Waals surface area contributed by atoms with Gasteiger partial charge < -0.3 is 9.47 Å². The van der Waals surface area contributed by atoms with Crippen molar-refractivity contribution < 1.29 is 19.1 Å². The largest absolute Gasteiger partial charge is 0.493 e. The van der Waals surface area contributed by atoms with Gasteiger partial charge in [-0.25, -0.2) is 4.79 Å². The van der Waals surface area contributed by atoms with Crippen molar-refractivity contribution in [2.75, 3.05) is 13.2 Å². The van der Waals surface area contributed by atoms with Crippen LogP contribution in [0.4, 0.5) is 0 Å². The van der Waals surface area contributed by atoms with Gasteiger partial charge in [-0.3, -0.25) is 4.79 Å². The number of Topliss-reactive ketones (excluding diaryl/α,β-unsaturated/α-hetero) is 1. The fourth-order valence-corrected chi connectivity index (χ4v) is 1.62. The number of esters is 1. The first-order valence-corrected chi connectivity index (χ1v) is 6.00. The minimum atomic E-state index is -0.425. The van der Waals surface area contributed by atoms with E-state index in [0.717, 1.165) is 5.56 Å². The Labute approximate surface area is 107 Å². The Morgan fingerprint density at radius 3 is 2.44 bits per heavy atom. The van der Waals surface area contributed by atoms with E-state index in [4.69, 9.17) is 9.47 Å². The van der Waals surface area contributed by atoms with Gasteiger partial charge in [0, 0.05) is 6.42 Å². The molecule has 0 N–H and O–H groups in total. The number of hydrogen-bond acceptors (Lipinski definition) is 4. The summed E-state index contributed by atoms with van der Waals surface area (Å²) in [5.74, 6) is 0.114. The molecule has 0 unspecified atom stereocenters. The number of carbonyl (C=O) groups is 2. The number of ketones is 1. The van der Waals surface area contributed by atoms with Crippen molar-refractivity contribution in [3.05, 3.63) is 29.3 Å². The van der Waals surface area contributed by atoms with Gasteiger partial charge in [0.25, 0.3) is 0 Å². The molecule has 4 nitrogen and oxygen atoms in total. The Bertz CT molecular complexity index is 437. The van der Waals surface area contributed by atoms with E-state index in [9.17, 15) is 9.59 Å². The van der Waals surface area contributed by atoms with Crippen molar-refractivity contribution in [1.29, 1.82) is 0 Å². The van der Waals surface area contributed by atoms with Crippen LogP contribution >= 0.6 is 0 Å². The van der Waals surface area contributed by atoms with Crippen molar-refractivity contribution in [3.63, 3.8) is 0 Å². The molecule has 0 spiro atoms. The van der Waals surface area contributed by atoms with Gasteiger partial charge >= 0.3 is 5.97 Å². The molecular formula is C14H18O4. The third-order valence-electron chi connectivity index (χ3n) is 2.29. The lowest BCUT2D eigenvalue weighted by Gasteiger charge is -2.10. The van der Waals surface area contributed by atoms with E-state index < -0.39 is 5.97 Å². The monoisotopic (exact) mass is 250 g/mol. The van der Waals surface area contributed by atoms with Crippen molar-refractivity contribution in [2.24, 2.45) is 0 Å². The Morgan fingerprint density at radius 2 is 1.89 bits per heavy atom. The third-order valence-corrected chi connectivity index (χ3v) is 2.29. The van der Waals surface area contributed by atoms with E-state index in [-0.39, 0.29) is 5.78 Å². The topological polar surface area (TPSA) is 52.6 Å². The molecule has 0 bridgehead atoms. The second kappa shape index (κ2) is 6.79. The summed E-state index contributed by atoms with van der Waals surface area (Å²) in [5.41, 5.74) is 1.16. The fraction of sp³-hybridized carbons (Fsp3) is 0.429. The van der Waals surface area contributed by atoms with Gasteiger partial charge in [-0.05, 0) is 38.5 Å². The number of ether oxygens (including phenoxy) is 2. The lowest BCUT2D eigenvalue weighted by atomic mass is 10.1. The predicted octanol–water partition coefficient (Wildman–Crippen LogP) is 2.39. The fourth-order valence-electron chi connectivity index (χ4n) is 1.62. The molecule has 0 aliphatic heterocycles. The van der Waals surface area contributed by atoms with Crippen LogP contribution in [0.25, 0.3) is 0 Å².